The number of aliphatic hydroxyl groups excluding tert-OH is 1. The number of unbranched alkanes of at least 4 members (excludes halogenated alkanes) is 16. The molecule has 0 fully saturated rings. The average Bonchev–Trinajstić information content (AvgIpc) is 2.84. The van der Waals surface area contributed by atoms with Gasteiger partial charge in [-0.1, -0.05) is 117 Å². The molecule has 0 rings (SSSR count). The highest BCUT2D eigenvalue weighted by Gasteiger charge is 2.24. The van der Waals surface area contributed by atoms with Crippen LogP contribution < -0.4 is 5.32 Å². The van der Waals surface area contributed by atoms with E-state index in [1.54, 1.807) is 0 Å². The zero-order valence-corrected chi connectivity index (χ0v) is 23.0. The molecule has 0 aromatic carbocycles. The molecule has 34 heavy (non-hydrogen) atoms. The van der Waals surface area contributed by atoms with E-state index in [0.29, 0.717) is 32.2 Å². The molecule has 0 radical (unpaired) electrons. The fraction of sp³-hybridized carbons (Fsp3) is 0.933. The molecule has 0 heterocycles. The molecule has 0 aliphatic carbocycles. The van der Waals surface area contributed by atoms with Gasteiger partial charge in [0.2, 0.25) is 0 Å². The van der Waals surface area contributed by atoms with Crippen LogP contribution in [0.4, 0.5) is 0 Å². The molecule has 0 atom stereocenters. The molecule has 0 unspecified atom stereocenters. The van der Waals surface area contributed by atoms with Gasteiger partial charge in [-0.2, -0.15) is 0 Å². The number of carbonyl (C=O) groups excluding carboxylic acids is 2. The van der Waals surface area contributed by atoms with E-state index in [9.17, 15) is 9.59 Å². The topological polar surface area (TPSA) is 66.4 Å². The summed E-state index contributed by atoms with van der Waals surface area (Å²) in [5.74, 6) is -0.106. The lowest BCUT2D eigenvalue weighted by Crippen LogP contribution is -2.29. The highest BCUT2D eigenvalue weighted by molar-refractivity contribution is 6.02. The number of ketones is 2. The minimum atomic E-state index is -0.426. The van der Waals surface area contributed by atoms with Gasteiger partial charge in [0.25, 0.3) is 0 Å². The number of Topliss-reactive ketones (excluding diaryl/α,β-unsaturated/α-hetero) is 2. The number of rotatable bonds is 28. The van der Waals surface area contributed by atoms with Crippen LogP contribution in [0.25, 0.3) is 0 Å². The van der Waals surface area contributed by atoms with Crippen LogP contribution in [0.5, 0.6) is 0 Å². The first-order chi connectivity index (χ1) is 16.7. The van der Waals surface area contributed by atoms with E-state index in [1.165, 1.54) is 89.9 Å². The third kappa shape index (κ3) is 21.8. The molecule has 0 spiro atoms. The van der Waals surface area contributed by atoms with Crippen LogP contribution in [0.15, 0.2) is 0 Å². The molecule has 0 aromatic rings. The fourth-order valence-corrected chi connectivity index (χ4v) is 4.65. The third-order valence-electron chi connectivity index (χ3n) is 6.95. The lowest BCUT2D eigenvalue weighted by molar-refractivity contribution is -0.133. The Bertz CT molecular complexity index is 418. The van der Waals surface area contributed by atoms with Crippen LogP contribution >= 0.6 is 0 Å². The Morgan fingerprint density at radius 2 is 0.941 bits per heavy atom. The first kappa shape index (κ1) is 33.3. The molecule has 2 N–H and O–H groups in total. The summed E-state index contributed by atoms with van der Waals surface area (Å²) in [6, 6.07) is 0. The number of aliphatic hydroxyl groups is 1. The van der Waals surface area contributed by atoms with Gasteiger partial charge in [0.15, 0.2) is 0 Å². The maximum absolute atomic E-state index is 12.9. The molecule has 0 aromatic heterocycles. The van der Waals surface area contributed by atoms with Crippen molar-refractivity contribution in [1.82, 2.24) is 5.32 Å². The Morgan fingerprint density at radius 1 is 0.559 bits per heavy atom. The summed E-state index contributed by atoms with van der Waals surface area (Å²) >= 11 is 0. The molecule has 202 valence electrons. The van der Waals surface area contributed by atoms with Crippen molar-refractivity contribution in [2.24, 2.45) is 5.92 Å². The number of carbonyl (C=O) groups is 2. The molecule has 0 bridgehead atoms. The lowest BCUT2D eigenvalue weighted by Gasteiger charge is -2.15. The van der Waals surface area contributed by atoms with Gasteiger partial charge in [-0.05, 0) is 38.8 Å². The van der Waals surface area contributed by atoms with Gasteiger partial charge in [0.1, 0.15) is 11.6 Å². The molecular formula is C30H59NO3. The van der Waals surface area contributed by atoms with Gasteiger partial charge in [-0.25, -0.2) is 0 Å². The van der Waals surface area contributed by atoms with Crippen molar-refractivity contribution >= 4 is 11.6 Å². The summed E-state index contributed by atoms with van der Waals surface area (Å²) in [7, 11) is 0. The predicted octanol–water partition coefficient (Wildman–Crippen LogP) is 7.94. The van der Waals surface area contributed by atoms with E-state index in [0.717, 1.165) is 32.2 Å². The SMILES string of the molecule is CCCCCCCCCCCC(=O)C(CCNCCCO)C(=O)CCCCCCCCCCC. The molecule has 0 amide bonds. The highest BCUT2D eigenvalue weighted by Crippen LogP contribution is 2.18. The second kappa shape index (κ2) is 26.9. The minimum absolute atomic E-state index is 0.160. The Labute approximate surface area is 212 Å². The second-order valence-electron chi connectivity index (χ2n) is 10.3. The standard InChI is InChI=1S/C30H59NO3/c1-3-5-7-9-11-13-15-17-19-22-29(33)28(24-26-31-25-21-27-32)30(34)23-20-18-16-14-12-10-8-6-4-2/h28,31-32H,3-27H2,1-2H3. The Hall–Kier alpha value is -0.740. The van der Waals surface area contributed by atoms with Crippen molar-refractivity contribution in [1.29, 1.82) is 0 Å². The van der Waals surface area contributed by atoms with E-state index in [4.69, 9.17) is 5.11 Å². The molecule has 0 aliphatic heterocycles. The summed E-state index contributed by atoms with van der Waals surface area (Å²) in [6.45, 7) is 6.08. The van der Waals surface area contributed by atoms with Gasteiger partial charge < -0.3 is 10.4 Å². The van der Waals surface area contributed by atoms with Crippen LogP contribution in [0.3, 0.4) is 0 Å². The van der Waals surface area contributed by atoms with Crippen LogP contribution in [-0.4, -0.2) is 36.4 Å². The van der Waals surface area contributed by atoms with E-state index < -0.39 is 5.92 Å². The van der Waals surface area contributed by atoms with Crippen molar-refractivity contribution in [2.45, 2.75) is 155 Å². The molecule has 0 aliphatic rings. The normalized spacial score (nSPS) is 11.4. The van der Waals surface area contributed by atoms with Crippen LogP contribution in [0.2, 0.25) is 0 Å². The maximum atomic E-state index is 12.9. The first-order valence-electron chi connectivity index (χ1n) is 15.0. The summed E-state index contributed by atoms with van der Waals surface area (Å²) in [6.07, 6.45) is 24.7. The van der Waals surface area contributed by atoms with Gasteiger partial charge in [-0.15, -0.1) is 0 Å². The van der Waals surface area contributed by atoms with Crippen LogP contribution in [0.1, 0.15) is 155 Å². The molecule has 0 saturated heterocycles. The quantitative estimate of drug-likeness (QED) is 0.0879. The number of nitrogens with one attached hydrogen (secondary N) is 1. The van der Waals surface area contributed by atoms with Gasteiger partial charge in [0.05, 0.1) is 5.92 Å². The van der Waals surface area contributed by atoms with Crippen LogP contribution in [0, 0.1) is 5.92 Å². The average molecular weight is 482 g/mol. The molecule has 0 saturated carbocycles. The van der Waals surface area contributed by atoms with Crippen LogP contribution in [-0.2, 0) is 9.59 Å². The zero-order valence-electron chi connectivity index (χ0n) is 23.0. The van der Waals surface area contributed by atoms with E-state index in [-0.39, 0.29) is 18.2 Å². The van der Waals surface area contributed by atoms with Crippen molar-refractivity contribution in [3.8, 4) is 0 Å². The first-order valence-corrected chi connectivity index (χ1v) is 15.0. The van der Waals surface area contributed by atoms with Crippen molar-refractivity contribution in [2.75, 3.05) is 19.7 Å². The van der Waals surface area contributed by atoms with E-state index in [2.05, 4.69) is 19.2 Å². The maximum Gasteiger partial charge on any atom is 0.143 e. The molecular weight excluding hydrogens is 422 g/mol. The summed E-state index contributed by atoms with van der Waals surface area (Å²) in [5, 5.41) is 12.2. The van der Waals surface area contributed by atoms with Gasteiger partial charge in [0, 0.05) is 19.4 Å². The highest BCUT2D eigenvalue weighted by atomic mass is 16.3. The van der Waals surface area contributed by atoms with Gasteiger partial charge in [-0.3, -0.25) is 9.59 Å². The summed E-state index contributed by atoms with van der Waals surface area (Å²) < 4.78 is 0. The monoisotopic (exact) mass is 481 g/mol. The van der Waals surface area contributed by atoms with Crippen molar-refractivity contribution in [3.63, 3.8) is 0 Å². The number of hydrogen-bond acceptors (Lipinski definition) is 4. The van der Waals surface area contributed by atoms with E-state index in [1.807, 2.05) is 0 Å². The summed E-state index contributed by atoms with van der Waals surface area (Å²) in [4.78, 5) is 25.8. The molecule has 4 nitrogen and oxygen atoms in total. The second-order valence-corrected chi connectivity index (χ2v) is 10.3. The predicted molar refractivity (Wildman–Crippen MR) is 146 cm³/mol. The lowest BCUT2D eigenvalue weighted by atomic mass is 9.89. The minimum Gasteiger partial charge on any atom is -0.396 e. The fourth-order valence-electron chi connectivity index (χ4n) is 4.65. The van der Waals surface area contributed by atoms with E-state index >= 15 is 0 Å². The van der Waals surface area contributed by atoms with Gasteiger partial charge >= 0.3 is 0 Å². The molecule has 4 heteroatoms. The third-order valence-corrected chi connectivity index (χ3v) is 6.95. The van der Waals surface area contributed by atoms with Crippen molar-refractivity contribution in [3.05, 3.63) is 0 Å². The Kier molecular flexibility index (Phi) is 26.3. The number of hydrogen-bond donors (Lipinski definition) is 2. The smallest absolute Gasteiger partial charge is 0.143 e. The Morgan fingerprint density at radius 3 is 1.32 bits per heavy atom. The van der Waals surface area contributed by atoms with Crippen molar-refractivity contribution < 1.29 is 14.7 Å². The Balaban J connectivity index is 4.16. The largest absolute Gasteiger partial charge is 0.396 e. The zero-order chi connectivity index (χ0) is 25.1. The summed E-state index contributed by atoms with van der Waals surface area (Å²) in [5.41, 5.74) is 0.